The number of fused-ring (bicyclic) bond motifs is 1. The molecule has 2 heterocycles. The third kappa shape index (κ3) is 2.22. The van der Waals surface area contributed by atoms with Crippen LogP contribution in [0.15, 0.2) is 23.3 Å². The van der Waals surface area contributed by atoms with Gasteiger partial charge in [0.1, 0.15) is 0 Å². The van der Waals surface area contributed by atoms with Gasteiger partial charge in [-0.15, -0.1) is 11.3 Å². The Morgan fingerprint density at radius 3 is 2.55 bits per heavy atom. The summed E-state index contributed by atoms with van der Waals surface area (Å²) in [6.45, 7) is 0. The number of benzene rings is 1. The molecule has 20 heavy (non-hydrogen) atoms. The van der Waals surface area contributed by atoms with E-state index in [0.29, 0.717) is 24.3 Å². The van der Waals surface area contributed by atoms with Gasteiger partial charge < -0.3 is 9.47 Å². The number of rotatable bonds is 3. The van der Waals surface area contributed by atoms with Crippen LogP contribution in [-0.2, 0) is 4.79 Å². The fraction of sp³-hybridized carbons (Fsp3) is 0.286. The van der Waals surface area contributed by atoms with Crippen molar-refractivity contribution < 1.29 is 14.3 Å². The predicted molar refractivity (Wildman–Crippen MR) is 78.8 cm³/mol. The molecule has 0 bridgehead atoms. The maximum absolute atomic E-state index is 11.1. The molecule has 0 spiro atoms. The summed E-state index contributed by atoms with van der Waals surface area (Å²) in [5.74, 6) is 1.40. The van der Waals surface area contributed by atoms with Gasteiger partial charge in [0.2, 0.25) is 5.91 Å². The lowest BCUT2D eigenvalue weighted by Crippen LogP contribution is -2.25. The van der Waals surface area contributed by atoms with E-state index in [1.165, 1.54) is 0 Å². The molecule has 0 saturated heterocycles. The van der Waals surface area contributed by atoms with E-state index in [9.17, 15) is 4.79 Å². The lowest BCUT2D eigenvalue weighted by atomic mass is 10.1. The maximum atomic E-state index is 11.1. The Morgan fingerprint density at radius 2 is 1.90 bits per heavy atom. The van der Waals surface area contributed by atoms with E-state index in [0.717, 1.165) is 20.7 Å². The number of carbonyl (C=O) groups is 1. The molecule has 1 aromatic carbocycles. The first-order valence-corrected chi connectivity index (χ1v) is 7.04. The summed E-state index contributed by atoms with van der Waals surface area (Å²) >= 11 is 1.64. The molecular formula is C14H14N2O3S. The zero-order valence-electron chi connectivity index (χ0n) is 11.2. The van der Waals surface area contributed by atoms with Crippen LogP contribution in [0.25, 0.3) is 10.1 Å². The fourth-order valence-corrected chi connectivity index (χ4v) is 3.25. The third-order valence-electron chi connectivity index (χ3n) is 3.21. The summed E-state index contributed by atoms with van der Waals surface area (Å²) in [5.41, 5.74) is 3.45. The van der Waals surface area contributed by atoms with Crippen LogP contribution in [0.3, 0.4) is 0 Å². The summed E-state index contributed by atoms with van der Waals surface area (Å²) in [6.07, 6.45) is 1.16. The molecule has 0 atom stereocenters. The highest BCUT2D eigenvalue weighted by atomic mass is 32.1. The van der Waals surface area contributed by atoms with E-state index < -0.39 is 0 Å². The van der Waals surface area contributed by atoms with Crippen LogP contribution in [0.1, 0.15) is 17.7 Å². The molecule has 1 N–H and O–H groups in total. The second-order valence-corrected chi connectivity index (χ2v) is 5.53. The molecule has 0 saturated carbocycles. The monoisotopic (exact) mass is 290 g/mol. The smallest absolute Gasteiger partial charge is 0.240 e. The van der Waals surface area contributed by atoms with Crippen molar-refractivity contribution in [2.24, 2.45) is 5.10 Å². The Labute approximate surface area is 120 Å². The van der Waals surface area contributed by atoms with E-state index in [4.69, 9.17) is 9.47 Å². The van der Waals surface area contributed by atoms with Gasteiger partial charge >= 0.3 is 0 Å². The van der Waals surface area contributed by atoms with Crippen molar-refractivity contribution in [2.45, 2.75) is 12.8 Å². The number of ether oxygens (including phenoxy) is 2. The molecule has 104 valence electrons. The molecule has 2 aromatic rings. The SMILES string of the molecule is COc1cc2cc(C3=NNC(=O)CC3)sc2cc1OC. The minimum atomic E-state index is -0.0294. The summed E-state index contributed by atoms with van der Waals surface area (Å²) in [6, 6.07) is 5.98. The van der Waals surface area contributed by atoms with E-state index in [-0.39, 0.29) is 5.91 Å². The van der Waals surface area contributed by atoms with Crippen molar-refractivity contribution >= 4 is 33.0 Å². The number of nitrogens with one attached hydrogen (secondary N) is 1. The van der Waals surface area contributed by atoms with Crippen molar-refractivity contribution in [3.8, 4) is 11.5 Å². The Bertz CT molecular complexity index is 665. The van der Waals surface area contributed by atoms with Crippen LogP contribution >= 0.6 is 11.3 Å². The van der Waals surface area contributed by atoms with Crippen LogP contribution in [0.5, 0.6) is 11.5 Å². The fourth-order valence-electron chi connectivity index (χ4n) is 2.16. The average Bonchev–Trinajstić information content (AvgIpc) is 2.89. The number of hydrazone groups is 1. The molecule has 0 aliphatic carbocycles. The van der Waals surface area contributed by atoms with Gasteiger partial charge in [0.25, 0.3) is 0 Å². The number of hydrogen-bond acceptors (Lipinski definition) is 5. The van der Waals surface area contributed by atoms with Crippen molar-refractivity contribution in [1.82, 2.24) is 5.43 Å². The Hall–Kier alpha value is -2.08. The number of carbonyl (C=O) groups excluding carboxylic acids is 1. The van der Waals surface area contributed by atoms with Crippen LogP contribution in [0.2, 0.25) is 0 Å². The standard InChI is InChI=1S/C14H14N2O3S/c1-18-10-5-8-6-13(9-3-4-14(17)16-15-9)20-12(8)7-11(10)19-2/h5-7H,3-4H2,1-2H3,(H,16,17). The van der Waals surface area contributed by atoms with E-state index in [2.05, 4.69) is 16.6 Å². The average molecular weight is 290 g/mol. The number of thiophene rings is 1. The number of hydrogen-bond donors (Lipinski definition) is 1. The Kier molecular flexibility index (Phi) is 3.31. The first-order chi connectivity index (χ1) is 9.71. The molecule has 1 aliphatic heterocycles. The van der Waals surface area contributed by atoms with Gasteiger partial charge in [-0.1, -0.05) is 0 Å². The van der Waals surface area contributed by atoms with Crippen LogP contribution < -0.4 is 14.9 Å². The molecule has 1 aliphatic rings. The lowest BCUT2D eigenvalue weighted by molar-refractivity contribution is -0.121. The molecule has 1 aromatic heterocycles. The number of amides is 1. The normalized spacial score (nSPS) is 14.9. The molecular weight excluding hydrogens is 276 g/mol. The summed E-state index contributed by atoms with van der Waals surface area (Å²) in [4.78, 5) is 12.2. The number of methoxy groups -OCH3 is 2. The second-order valence-electron chi connectivity index (χ2n) is 4.45. The number of nitrogens with zero attached hydrogens (tertiary/aromatic N) is 1. The van der Waals surface area contributed by atoms with Gasteiger partial charge in [0, 0.05) is 23.6 Å². The first-order valence-electron chi connectivity index (χ1n) is 6.22. The van der Waals surface area contributed by atoms with Crippen molar-refractivity contribution in [1.29, 1.82) is 0 Å². The van der Waals surface area contributed by atoms with Crippen molar-refractivity contribution in [3.05, 3.63) is 23.1 Å². The van der Waals surface area contributed by atoms with Gasteiger partial charge in [-0.3, -0.25) is 4.79 Å². The van der Waals surface area contributed by atoms with Crippen LogP contribution in [-0.4, -0.2) is 25.8 Å². The van der Waals surface area contributed by atoms with Gasteiger partial charge in [0.15, 0.2) is 11.5 Å². The van der Waals surface area contributed by atoms with Crippen molar-refractivity contribution in [2.75, 3.05) is 14.2 Å². The largest absolute Gasteiger partial charge is 0.493 e. The zero-order valence-corrected chi connectivity index (χ0v) is 12.0. The summed E-state index contributed by atoms with van der Waals surface area (Å²) < 4.78 is 11.7. The molecule has 0 radical (unpaired) electrons. The van der Waals surface area contributed by atoms with Gasteiger partial charge in [0.05, 0.1) is 24.8 Å². The van der Waals surface area contributed by atoms with Crippen LogP contribution in [0.4, 0.5) is 0 Å². The summed E-state index contributed by atoms with van der Waals surface area (Å²) in [7, 11) is 3.25. The molecule has 3 rings (SSSR count). The van der Waals surface area contributed by atoms with E-state index in [1.54, 1.807) is 25.6 Å². The highest BCUT2D eigenvalue weighted by molar-refractivity contribution is 7.21. The van der Waals surface area contributed by atoms with Gasteiger partial charge in [-0.2, -0.15) is 5.10 Å². The highest BCUT2D eigenvalue weighted by Gasteiger charge is 2.16. The van der Waals surface area contributed by atoms with E-state index >= 15 is 0 Å². The lowest BCUT2D eigenvalue weighted by Gasteiger charge is -2.09. The Balaban J connectivity index is 2.04. The molecule has 0 fully saturated rings. The maximum Gasteiger partial charge on any atom is 0.240 e. The first kappa shape index (κ1) is 12.9. The molecule has 5 nitrogen and oxygen atoms in total. The predicted octanol–water partition coefficient (Wildman–Crippen LogP) is 2.53. The molecule has 1 amide bonds. The molecule has 6 heteroatoms. The van der Waals surface area contributed by atoms with Gasteiger partial charge in [-0.05, 0) is 17.5 Å². The third-order valence-corrected chi connectivity index (χ3v) is 4.36. The Morgan fingerprint density at radius 1 is 1.15 bits per heavy atom. The van der Waals surface area contributed by atoms with Crippen LogP contribution in [0, 0.1) is 0 Å². The topological polar surface area (TPSA) is 59.9 Å². The second kappa shape index (κ2) is 5.13. The summed E-state index contributed by atoms with van der Waals surface area (Å²) in [5, 5.41) is 5.21. The molecule has 0 unspecified atom stereocenters. The quantitative estimate of drug-likeness (QED) is 0.945. The van der Waals surface area contributed by atoms with Gasteiger partial charge in [-0.25, -0.2) is 5.43 Å². The van der Waals surface area contributed by atoms with Crippen molar-refractivity contribution in [3.63, 3.8) is 0 Å². The minimum absolute atomic E-state index is 0.0294. The zero-order chi connectivity index (χ0) is 14.1. The highest BCUT2D eigenvalue weighted by Crippen LogP contribution is 2.36. The minimum Gasteiger partial charge on any atom is -0.493 e. The van der Waals surface area contributed by atoms with E-state index in [1.807, 2.05) is 12.1 Å².